The van der Waals surface area contributed by atoms with Gasteiger partial charge in [0.05, 0.1) is 6.10 Å². The molecule has 206 valence electrons. The number of piperidine rings is 1. The van der Waals surface area contributed by atoms with Crippen LogP contribution in [0.1, 0.15) is 59.7 Å². The van der Waals surface area contributed by atoms with Crippen LogP contribution >= 0.6 is 0 Å². The summed E-state index contributed by atoms with van der Waals surface area (Å²) in [5, 5.41) is 14.0. The fourth-order valence-corrected chi connectivity index (χ4v) is 6.70. The van der Waals surface area contributed by atoms with Gasteiger partial charge in [0, 0.05) is 75.3 Å². The molecule has 0 aromatic heterocycles. The molecule has 3 heterocycles. The summed E-state index contributed by atoms with van der Waals surface area (Å²) in [6.07, 6.45) is 3.71. The van der Waals surface area contributed by atoms with Gasteiger partial charge in [-0.3, -0.25) is 19.3 Å². The number of rotatable bonds is 6. The second kappa shape index (κ2) is 10.4. The molecule has 39 heavy (non-hydrogen) atoms. The number of β-amino-alcohol motifs (C(OH)–C–C–N with tert-alkyl or cyclic N) is 1. The molecular formula is C31H38N4O4. The molecule has 6 rings (SSSR count). The Hall–Kier alpha value is -3.23. The van der Waals surface area contributed by atoms with E-state index in [9.17, 15) is 19.5 Å². The number of nitrogens with one attached hydrogen (secondary N) is 1. The Morgan fingerprint density at radius 1 is 1.05 bits per heavy atom. The van der Waals surface area contributed by atoms with Crippen molar-refractivity contribution in [2.75, 3.05) is 44.6 Å². The predicted molar refractivity (Wildman–Crippen MR) is 148 cm³/mol. The molecule has 8 nitrogen and oxygen atoms in total. The summed E-state index contributed by atoms with van der Waals surface area (Å²) in [7, 11) is 0. The minimum Gasteiger partial charge on any atom is -0.390 e. The summed E-state index contributed by atoms with van der Waals surface area (Å²) in [5.74, 6) is -0.225. The number of nitrogens with zero attached hydrogens (tertiary/aromatic N) is 3. The van der Waals surface area contributed by atoms with E-state index in [1.54, 1.807) is 11.8 Å². The van der Waals surface area contributed by atoms with Crippen LogP contribution in [-0.4, -0.2) is 82.9 Å². The number of hydrogen-bond acceptors (Lipinski definition) is 5. The third-order valence-electron chi connectivity index (χ3n) is 9.14. The molecule has 0 unspecified atom stereocenters. The van der Waals surface area contributed by atoms with Gasteiger partial charge in [0.1, 0.15) is 0 Å². The first-order valence-corrected chi connectivity index (χ1v) is 14.3. The molecule has 2 aromatic rings. The second-order valence-corrected chi connectivity index (χ2v) is 11.9. The van der Waals surface area contributed by atoms with Crippen LogP contribution in [0.3, 0.4) is 0 Å². The number of anilines is 1. The minimum atomic E-state index is -0.625. The van der Waals surface area contributed by atoms with Gasteiger partial charge in [-0.25, -0.2) is 0 Å². The zero-order valence-electron chi connectivity index (χ0n) is 22.7. The van der Waals surface area contributed by atoms with Crippen LogP contribution in [0.4, 0.5) is 5.69 Å². The summed E-state index contributed by atoms with van der Waals surface area (Å²) in [6.45, 7) is 5.97. The molecule has 1 atom stereocenters. The fourth-order valence-electron chi connectivity index (χ4n) is 6.70. The number of carbonyl (C=O) groups is 3. The van der Waals surface area contributed by atoms with Crippen LogP contribution in [-0.2, 0) is 28.0 Å². The van der Waals surface area contributed by atoms with Crippen molar-refractivity contribution in [3.63, 3.8) is 0 Å². The SMILES string of the molecule is CC(=O)N1CCC(C(=O)Nc2ccc3c(c2)C(=O)N(C[C@H](O)CN2CCc4ccccc4C2)CC32CC2)CC1. The van der Waals surface area contributed by atoms with Gasteiger partial charge in [0.2, 0.25) is 11.8 Å². The number of aliphatic hydroxyl groups excluding tert-OH is 1. The van der Waals surface area contributed by atoms with Crippen molar-refractivity contribution in [2.45, 2.75) is 57.1 Å². The highest BCUT2D eigenvalue weighted by molar-refractivity contribution is 6.00. The third-order valence-corrected chi connectivity index (χ3v) is 9.14. The van der Waals surface area contributed by atoms with Crippen molar-refractivity contribution >= 4 is 23.4 Å². The number of likely N-dealkylation sites (tertiary alicyclic amines) is 1. The first-order chi connectivity index (χ1) is 18.8. The van der Waals surface area contributed by atoms with Gasteiger partial charge in [0.15, 0.2) is 0 Å². The van der Waals surface area contributed by atoms with Gasteiger partial charge in [-0.1, -0.05) is 30.3 Å². The summed E-state index contributed by atoms with van der Waals surface area (Å²) < 4.78 is 0. The van der Waals surface area contributed by atoms with Crippen LogP contribution < -0.4 is 5.32 Å². The minimum absolute atomic E-state index is 0.0327. The lowest BCUT2D eigenvalue weighted by atomic mass is 9.86. The van der Waals surface area contributed by atoms with Crippen molar-refractivity contribution in [3.8, 4) is 0 Å². The highest BCUT2D eigenvalue weighted by atomic mass is 16.3. The molecule has 2 fully saturated rings. The zero-order valence-corrected chi connectivity index (χ0v) is 22.7. The van der Waals surface area contributed by atoms with E-state index in [4.69, 9.17) is 0 Å². The summed E-state index contributed by atoms with van der Waals surface area (Å²) in [4.78, 5) is 44.1. The van der Waals surface area contributed by atoms with Crippen LogP contribution in [0, 0.1) is 5.92 Å². The molecule has 3 aliphatic heterocycles. The summed E-state index contributed by atoms with van der Waals surface area (Å²) in [5.41, 5.74) is 5.00. The number of benzene rings is 2. The van der Waals surface area contributed by atoms with E-state index in [1.807, 2.05) is 23.1 Å². The van der Waals surface area contributed by atoms with E-state index in [2.05, 4.69) is 34.5 Å². The number of amides is 3. The van der Waals surface area contributed by atoms with Crippen LogP contribution in [0.25, 0.3) is 0 Å². The van der Waals surface area contributed by atoms with Gasteiger partial charge < -0.3 is 20.2 Å². The van der Waals surface area contributed by atoms with Gasteiger partial charge in [-0.05, 0) is 60.9 Å². The number of hydrogen-bond donors (Lipinski definition) is 2. The average molecular weight is 531 g/mol. The Balaban J connectivity index is 1.10. The smallest absolute Gasteiger partial charge is 0.254 e. The van der Waals surface area contributed by atoms with Gasteiger partial charge in [0.25, 0.3) is 5.91 Å². The van der Waals surface area contributed by atoms with E-state index in [0.717, 1.165) is 37.9 Å². The van der Waals surface area contributed by atoms with E-state index in [0.29, 0.717) is 56.8 Å². The van der Waals surface area contributed by atoms with Crippen LogP contribution in [0.15, 0.2) is 42.5 Å². The van der Waals surface area contributed by atoms with Gasteiger partial charge >= 0.3 is 0 Å². The molecule has 2 aromatic carbocycles. The number of fused-ring (bicyclic) bond motifs is 3. The van der Waals surface area contributed by atoms with Crippen molar-refractivity contribution < 1.29 is 19.5 Å². The van der Waals surface area contributed by atoms with Crippen LogP contribution in [0.2, 0.25) is 0 Å². The molecule has 4 aliphatic rings. The quantitative estimate of drug-likeness (QED) is 0.599. The molecule has 1 saturated carbocycles. The highest BCUT2D eigenvalue weighted by Crippen LogP contribution is 2.52. The molecule has 2 N–H and O–H groups in total. The maximum atomic E-state index is 13.6. The highest BCUT2D eigenvalue weighted by Gasteiger charge is 2.51. The topological polar surface area (TPSA) is 93.2 Å². The molecule has 0 radical (unpaired) electrons. The molecule has 1 aliphatic carbocycles. The summed E-state index contributed by atoms with van der Waals surface area (Å²) >= 11 is 0. The van der Waals surface area contributed by atoms with Crippen molar-refractivity contribution in [1.29, 1.82) is 0 Å². The van der Waals surface area contributed by atoms with Crippen molar-refractivity contribution in [1.82, 2.24) is 14.7 Å². The maximum absolute atomic E-state index is 13.6. The molecule has 1 spiro atoms. The molecule has 0 bridgehead atoms. The summed E-state index contributed by atoms with van der Waals surface area (Å²) in [6, 6.07) is 14.2. The largest absolute Gasteiger partial charge is 0.390 e. The maximum Gasteiger partial charge on any atom is 0.254 e. The van der Waals surface area contributed by atoms with Gasteiger partial charge in [-0.2, -0.15) is 0 Å². The Labute approximate surface area is 230 Å². The lowest BCUT2D eigenvalue weighted by molar-refractivity contribution is -0.132. The van der Waals surface area contributed by atoms with Crippen LogP contribution in [0.5, 0.6) is 0 Å². The monoisotopic (exact) mass is 530 g/mol. The first kappa shape index (κ1) is 26.0. The normalized spacial score (nSPS) is 21.3. The van der Waals surface area contributed by atoms with E-state index >= 15 is 0 Å². The van der Waals surface area contributed by atoms with E-state index in [-0.39, 0.29) is 29.1 Å². The van der Waals surface area contributed by atoms with E-state index < -0.39 is 6.10 Å². The van der Waals surface area contributed by atoms with Gasteiger partial charge in [-0.15, -0.1) is 0 Å². The Kier molecular flexibility index (Phi) is 6.93. The fraction of sp³-hybridized carbons (Fsp3) is 0.516. The van der Waals surface area contributed by atoms with Crippen molar-refractivity contribution in [3.05, 3.63) is 64.7 Å². The second-order valence-electron chi connectivity index (χ2n) is 11.9. The first-order valence-electron chi connectivity index (χ1n) is 14.3. The molecule has 8 heteroatoms. The lowest BCUT2D eigenvalue weighted by Crippen LogP contribution is -2.49. The Bertz CT molecular complexity index is 1280. The van der Waals surface area contributed by atoms with Crippen molar-refractivity contribution in [2.24, 2.45) is 5.92 Å². The third kappa shape index (κ3) is 5.32. The number of carbonyl (C=O) groups excluding carboxylic acids is 3. The average Bonchev–Trinajstić information content (AvgIpc) is 3.71. The molecule has 1 saturated heterocycles. The number of aliphatic hydroxyl groups is 1. The standard InChI is InChI=1S/C31H38N4O4/c1-21(36)34-14-9-23(10-15-34)29(38)32-25-6-7-28-27(16-25)30(39)35(20-31(28)11-12-31)19-26(37)18-33-13-8-22-4-2-3-5-24(22)17-33/h2-7,16,23,26,37H,8-15,17-20H2,1H3,(H,32,38)/t26-/m1/s1. The Morgan fingerprint density at radius 2 is 1.79 bits per heavy atom. The molecule has 3 amide bonds. The predicted octanol–water partition coefficient (Wildman–Crippen LogP) is 2.79. The van der Waals surface area contributed by atoms with E-state index in [1.165, 1.54) is 11.1 Å². The Morgan fingerprint density at radius 3 is 2.51 bits per heavy atom. The zero-order chi connectivity index (χ0) is 27.1. The molecular weight excluding hydrogens is 492 g/mol. The lowest BCUT2D eigenvalue weighted by Gasteiger charge is -2.37.